The summed E-state index contributed by atoms with van der Waals surface area (Å²) >= 11 is 0. The minimum absolute atomic E-state index is 0.553. The van der Waals surface area contributed by atoms with E-state index in [4.69, 9.17) is 5.73 Å². The first kappa shape index (κ1) is 8.08. The van der Waals surface area contributed by atoms with E-state index in [2.05, 4.69) is 23.2 Å². The lowest BCUT2D eigenvalue weighted by molar-refractivity contribution is 1.01. The van der Waals surface area contributed by atoms with Crippen LogP contribution in [0.2, 0.25) is 0 Å². The highest BCUT2D eigenvalue weighted by atomic mass is 14.7. The number of H-pyrrole nitrogens is 1. The van der Waals surface area contributed by atoms with E-state index in [1.807, 2.05) is 24.4 Å². The number of aromatic amines is 1. The highest BCUT2D eigenvalue weighted by molar-refractivity contribution is 5.65. The molecule has 0 amide bonds. The summed E-state index contributed by atoms with van der Waals surface area (Å²) in [6, 6.07) is 12.3. The summed E-state index contributed by atoms with van der Waals surface area (Å²) in [7, 11) is 0. The maximum absolute atomic E-state index is 5.60. The lowest BCUT2D eigenvalue weighted by Crippen LogP contribution is -1.97. The lowest BCUT2D eigenvalue weighted by Gasteiger charge is -2.00. The van der Waals surface area contributed by atoms with Crippen LogP contribution in [0.5, 0.6) is 0 Å². The fourth-order valence-corrected chi connectivity index (χ4v) is 1.46. The van der Waals surface area contributed by atoms with Gasteiger partial charge in [-0.1, -0.05) is 30.3 Å². The average molecular weight is 172 g/mol. The van der Waals surface area contributed by atoms with Crippen molar-refractivity contribution >= 4 is 0 Å². The summed E-state index contributed by atoms with van der Waals surface area (Å²) in [6.45, 7) is 0.553. The van der Waals surface area contributed by atoms with Gasteiger partial charge in [-0.05, 0) is 11.6 Å². The van der Waals surface area contributed by atoms with Gasteiger partial charge in [0.25, 0.3) is 0 Å². The molecule has 0 radical (unpaired) electrons. The third-order valence-electron chi connectivity index (χ3n) is 2.12. The number of nitrogens with one attached hydrogen (secondary N) is 1. The van der Waals surface area contributed by atoms with Gasteiger partial charge in [-0.3, -0.25) is 0 Å². The van der Waals surface area contributed by atoms with Crippen molar-refractivity contribution in [2.24, 2.45) is 5.73 Å². The second-order valence-electron chi connectivity index (χ2n) is 2.94. The summed E-state index contributed by atoms with van der Waals surface area (Å²) in [5.74, 6) is 0. The third kappa shape index (κ3) is 1.48. The van der Waals surface area contributed by atoms with E-state index in [9.17, 15) is 0 Å². The number of nitrogens with two attached hydrogens (primary N) is 1. The molecule has 0 fully saturated rings. The van der Waals surface area contributed by atoms with Crippen LogP contribution < -0.4 is 5.73 Å². The molecule has 1 aromatic heterocycles. The molecule has 2 rings (SSSR count). The molecule has 0 saturated carbocycles. The van der Waals surface area contributed by atoms with E-state index in [1.165, 1.54) is 11.1 Å². The zero-order chi connectivity index (χ0) is 9.10. The Hall–Kier alpha value is -1.54. The maximum atomic E-state index is 5.60. The minimum Gasteiger partial charge on any atom is -0.363 e. The Labute approximate surface area is 77.4 Å². The Bertz CT molecular complexity index is 376. The van der Waals surface area contributed by atoms with Crippen molar-refractivity contribution in [1.29, 1.82) is 0 Å². The van der Waals surface area contributed by atoms with E-state index >= 15 is 0 Å². The highest BCUT2D eigenvalue weighted by Crippen LogP contribution is 2.21. The fourth-order valence-electron chi connectivity index (χ4n) is 1.46. The Kier molecular flexibility index (Phi) is 2.15. The van der Waals surface area contributed by atoms with Gasteiger partial charge in [0.1, 0.15) is 0 Å². The second kappa shape index (κ2) is 3.46. The first-order chi connectivity index (χ1) is 6.42. The normalized spacial score (nSPS) is 10.2. The summed E-state index contributed by atoms with van der Waals surface area (Å²) in [4.78, 5) is 3.13. The van der Waals surface area contributed by atoms with Crippen LogP contribution >= 0.6 is 0 Å². The number of hydrogen-bond acceptors (Lipinski definition) is 1. The Morgan fingerprint density at radius 3 is 2.54 bits per heavy atom. The number of hydrogen-bond donors (Lipinski definition) is 2. The first-order valence-electron chi connectivity index (χ1n) is 4.33. The molecule has 2 nitrogen and oxygen atoms in total. The molecule has 3 N–H and O–H groups in total. The molecule has 0 unspecified atom stereocenters. The van der Waals surface area contributed by atoms with Crippen LogP contribution in [0.4, 0.5) is 0 Å². The maximum Gasteiger partial charge on any atom is 0.0365 e. The van der Waals surface area contributed by atoms with Gasteiger partial charge >= 0.3 is 0 Å². The van der Waals surface area contributed by atoms with Crippen LogP contribution in [0.25, 0.3) is 11.1 Å². The fraction of sp³-hybridized carbons (Fsp3) is 0.0909. The van der Waals surface area contributed by atoms with Crippen LogP contribution in [0.15, 0.2) is 42.6 Å². The SMILES string of the molecule is NCc1[nH]ccc1-c1ccccc1. The predicted molar refractivity (Wildman–Crippen MR) is 54.1 cm³/mol. The summed E-state index contributed by atoms with van der Waals surface area (Å²) < 4.78 is 0. The third-order valence-corrected chi connectivity index (χ3v) is 2.12. The first-order valence-corrected chi connectivity index (χ1v) is 4.33. The monoisotopic (exact) mass is 172 g/mol. The van der Waals surface area contributed by atoms with Gasteiger partial charge in [0.2, 0.25) is 0 Å². The average Bonchev–Trinajstić information content (AvgIpc) is 2.67. The van der Waals surface area contributed by atoms with Crippen molar-refractivity contribution < 1.29 is 0 Å². The molecule has 0 aliphatic carbocycles. The zero-order valence-electron chi connectivity index (χ0n) is 7.33. The molecular weight excluding hydrogens is 160 g/mol. The molecule has 0 aliphatic heterocycles. The Morgan fingerprint density at radius 2 is 1.85 bits per heavy atom. The van der Waals surface area contributed by atoms with Gasteiger partial charge in [-0.2, -0.15) is 0 Å². The van der Waals surface area contributed by atoms with Crippen LogP contribution in [0.3, 0.4) is 0 Å². The molecule has 0 atom stereocenters. The van der Waals surface area contributed by atoms with Crippen LogP contribution in [-0.4, -0.2) is 4.98 Å². The molecular formula is C11H12N2. The molecule has 1 heterocycles. The van der Waals surface area contributed by atoms with Crippen molar-refractivity contribution in [3.63, 3.8) is 0 Å². The van der Waals surface area contributed by atoms with E-state index in [-0.39, 0.29) is 0 Å². The molecule has 13 heavy (non-hydrogen) atoms. The van der Waals surface area contributed by atoms with Gasteiger partial charge in [-0.15, -0.1) is 0 Å². The van der Waals surface area contributed by atoms with E-state index in [0.717, 1.165) is 5.69 Å². The number of rotatable bonds is 2. The van der Waals surface area contributed by atoms with Gasteiger partial charge in [0, 0.05) is 24.0 Å². The molecule has 0 bridgehead atoms. The van der Waals surface area contributed by atoms with Gasteiger partial charge < -0.3 is 10.7 Å². The summed E-state index contributed by atoms with van der Waals surface area (Å²) in [6.07, 6.45) is 1.92. The smallest absolute Gasteiger partial charge is 0.0365 e. The quantitative estimate of drug-likeness (QED) is 0.716. The standard InChI is InChI=1S/C11H12N2/c12-8-11-10(6-7-13-11)9-4-2-1-3-5-9/h1-7,13H,8,12H2. The summed E-state index contributed by atoms with van der Waals surface area (Å²) in [5.41, 5.74) is 9.10. The molecule has 66 valence electrons. The summed E-state index contributed by atoms with van der Waals surface area (Å²) in [5, 5.41) is 0. The largest absolute Gasteiger partial charge is 0.363 e. The number of benzene rings is 1. The second-order valence-corrected chi connectivity index (χ2v) is 2.94. The van der Waals surface area contributed by atoms with Crippen molar-refractivity contribution in [1.82, 2.24) is 4.98 Å². The van der Waals surface area contributed by atoms with Crippen LogP contribution in [0.1, 0.15) is 5.69 Å². The molecule has 0 aliphatic rings. The van der Waals surface area contributed by atoms with Crippen molar-refractivity contribution in [2.75, 3.05) is 0 Å². The van der Waals surface area contributed by atoms with E-state index < -0.39 is 0 Å². The topological polar surface area (TPSA) is 41.8 Å². The minimum atomic E-state index is 0.553. The zero-order valence-corrected chi connectivity index (χ0v) is 7.33. The predicted octanol–water partition coefficient (Wildman–Crippen LogP) is 2.14. The lowest BCUT2D eigenvalue weighted by atomic mass is 10.1. The van der Waals surface area contributed by atoms with Crippen LogP contribution in [-0.2, 0) is 6.54 Å². The Morgan fingerprint density at radius 1 is 1.08 bits per heavy atom. The van der Waals surface area contributed by atoms with Gasteiger partial charge in [-0.25, -0.2) is 0 Å². The van der Waals surface area contributed by atoms with E-state index in [1.54, 1.807) is 0 Å². The molecule has 0 saturated heterocycles. The molecule has 2 aromatic rings. The molecule has 2 heteroatoms. The highest BCUT2D eigenvalue weighted by Gasteiger charge is 2.02. The molecule has 0 spiro atoms. The van der Waals surface area contributed by atoms with Crippen molar-refractivity contribution in [2.45, 2.75) is 6.54 Å². The van der Waals surface area contributed by atoms with Gasteiger partial charge in [0.15, 0.2) is 0 Å². The van der Waals surface area contributed by atoms with Crippen LogP contribution in [0, 0.1) is 0 Å². The van der Waals surface area contributed by atoms with Crippen molar-refractivity contribution in [3.05, 3.63) is 48.3 Å². The van der Waals surface area contributed by atoms with Crippen molar-refractivity contribution in [3.8, 4) is 11.1 Å². The Balaban J connectivity index is 2.47. The van der Waals surface area contributed by atoms with E-state index in [0.29, 0.717) is 6.54 Å². The number of aromatic nitrogens is 1. The molecule has 1 aromatic carbocycles. The van der Waals surface area contributed by atoms with Gasteiger partial charge in [0.05, 0.1) is 0 Å².